The van der Waals surface area contributed by atoms with Gasteiger partial charge in [0.1, 0.15) is 5.82 Å². The van der Waals surface area contributed by atoms with Crippen molar-refractivity contribution in [3.8, 4) is 0 Å². The molecule has 60 valence electrons. The predicted octanol–water partition coefficient (Wildman–Crippen LogP) is 3.03. The van der Waals surface area contributed by atoms with Gasteiger partial charge >= 0.3 is 0 Å². The Morgan fingerprint density at radius 1 is 1.25 bits per heavy atom. The minimum atomic E-state index is -0.405. The molecule has 1 nitrogen and oxygen atoms in total. The Balaban J connectivity index is 2.91. The molecule has 0 spiro atoms. The van der Waals surface area contributed by atoms with Gasteiger partial charge in [-0.05, 0) is 24.3 Å². The largest absolute Gasteiger partial charge is 0.256 e. The van der Waals surface area contributed by atoms with E-state index in [0.717, 1.165) is 0 Å². The molecule has 0 aliphatic heterocycles. The second-order valence-corrected chi connectivity index (χ2v) is 2.81. The van der Waals surface area contributed by atoms with Gasteiger partial charge in [0, 0.05) is 11.6 Å². The Morgan fingerprint density at radius 3 is 2.92 bits per heavy atom. The van der Waals surface area contributed by atoms with E-state index in [1.165, 1.54) is 6.07 Å². The van der Waals surface area contributed by atoms with E-state index in [0.29, 0.717) is 10.9 Å². The third-order valence-corrected chi connectivity index (χ3v) is 2.06. The fraction of sp³-hybridized carbons (Fsp3) is 0. The highest BCUT2D eigenvalue weighted by Crippen LogP contribution is 2.24. The summed E-state index contributed by atoms with van der Waals surface area (Å²) in [5.41, 5.74) is 0.712. The molecular formula is C9H5ClFN. The number of hydrogen-bond donors (Lipinski definition) is 0. The van der Waals surface area contributed by atoms with E-state index in [1.807, 2.05) is 0 Å². The van der Waals surface area contributed by atoms with Crippen LogP contribution in [0.3, 0.4) is 0 Å². The summed E-state index contributed by atoms with van der Waals surface area (Å²) in [5, 5.41) is 0.791. The van der Waals surface area contributed by atoms with Crippen LogP contribution in [0.1, 0.15) is 0 Å². The van der Waals surface area contributed by atoms with E-state index in [9.17, 15) is 4.39 Å². The zero-order chi connectivity index (χ0) is 8.55. The van der Waals surface area contributed by atoms with E-state index in [1.54, 1.807) is 24.4 Å². The van der Waals surface area contributed by atoms with Crippen molar-refractivity contribution in [1.82, 2.24) is 4.98 Å². The Morgan fingerprint density at radius 2 is 2.08 bits per heavy atom. The molecule has 0 bridgehead atoms. The molecule has 3 heteroatoms. The summed E-state index contributed by atoms with van der Waals surface area (Å²) >= 11 is 5.71. The van der Waals surface area contributed by atoms with Crippen molar-refractivity contribution in [1.29, 1.82) is 0 Å². The van der Waals surface area contributed by atoms with Gasteiger partial charge in [0.05, 0.1) is 10.5 Å². The molecule has 0 amide bonds. The molecule has 0 saturated heterocycles. The number of fused-ring (bicyclic) bond motifs is 1. The van der Waals surface area contributed by atoms with Crippen molar-refractivity contribution >= 4 is 22.5 Å². The van der Waals surface area contributed by atoms with Gasteiger partial charge in [-0.2, -0.15) is 0 Å². The first-order chi connectivity index (χ1) is 5.79. The summed E-state index contributed by atoms with van der Waals surface area (Å²) in [6.45, 7) is 0. The Hall–Kier alpha value is -1.15. The van der Waals surface area contributed by atoms with Gasteiger partial charge in [-0.1, -0.05) is 11.6 Å². The van der Waals surface area contributed by atoms with E-state index >= 15 is 0 Å². The van der Waals surface area contributed by atoms with Crippen LogP contribution in [0.4, 0.5) is 4.39 Å². The number of rotatable bonds is 0. The van der Waals surface area contributed by atoms with Crippen LogP contribution in [-0.2, 0) is 0 Å². The number of benzene rings is 1. The predicted molar refractivity (Wildman–Crippen MR) is 46.7 cm³/mol. The smallest absolute Gasteiger partial charge is 0.142 e. The SMILES string of the molecule is Fc1ccc2ncccc2c1Cl. The molecular weight excluding hydrogens is 177 g/mol. The van der Waals surface area contributed by atoms with Gasteiger partial charge in [0.15, 0.2) is 0 Å². The molecule has 1 heterocycles. The molecule has 0 unspecified atom stereocenters. The Kier molecular flexibility index (Phi) is 1.70. The van der Waals surface area contributed by atoms with Crippen LogP contribution in [0, 0.1) is 5.82 Å². The summed E-state index contributed by atoms with van der Waals surface area (Å²) in [5.74, 6) is -0.405. The maximum Gasteiger partial charge on any atom is 0.142 e. The number of aromatic nitrogens is 1. The lowest BCUT2D eigenvalue weighted by Gasteiger charge is -1.98. The second kappa shape index (κ2) is 2.72. The molecule has 0 atom stereocenters. The van der Waals surface area contributed by atoms with Crippen LogP contribution in [0.25, 0.3) is 10.9 Å². The summed E-state index contributed by atoms with van der Waals surface area (Å²) in [4.78, 5) is 4.03. The van der Waals surface area contributed by atoms with Gasteiger partial charge < -0.3 is 0 Å². The Labute approximate surface area is 73.8 Å². The van der Waals surface area contributed by atoms with E-state index in [4.69, 9.17) is 11.6 Å². The molecule has 0 N–H and O–H groups in total. The molecule has 2 aromatic rings. The third kappa shape index (κ3) is 1.04. The number of hydrogen-bond acceptors (Lipinski definition) is 1. The van der Waals surface area contributed by atoms with Crippen molar-refractivity contribution < 1.29 is 4.39 Å². The van der Waals surface area contributed by atoms with E-state index in [-0.39, 0.29) is 5.02 Å². The van der Waals surface area contributed by atoms with Crippen LogP contribution < -0.4 is 0 Å². The lowest BCUT2D eigenvalue weighted by molar-refractivity contribution is 0.630. The molecule has 1 aromatic heterocycles. The molecule has 0 aliphatic rings. The van der Waals surface area contributed by atoms with E-state index in [2.05, 4.69) is 4.98 Å². The maximum absolute atomic E-state index is 12.9. The van der Waals surface area contributed by atoms with Crippen LogP contribution >= 0.6 is 11.6 Å². The first-order valence-electron chi connectivity index (χ1n) is 3.48. The van der Waals surface area contributed by atoms with Crippen LogP contribution in [-0.4, -0.2) is 4.98 Å². The standard InChI is InChI=1S/C9H5ClFN/c10-9-6-2-1-5-12-8(6)4-3-7(9)11/h1-5H. The molecule has 0 aliphatic carbocycles. The van der Waals surface area contributed by atoms with Crippen LogP contribution in [0.5, 0.6) is 0 Å². The average molecular weight is 182 g/mol. The van der Waals surface area contributed by atoms with Gasteiger partial charge in [-0.3, -0.25) is 4.98 Å². The summed E-state index contributed by atoms with van der Waals surface area (Å²) in [7, 11) is 0. The monoisotopic (exact) mass is 181 g/mol. The van der Waals surface area contributed by atoms with Crippen molar-refractivity contribution in [2.45, 2.75) is 0 Å². The molecule has 0 radical (unpaired) electrons. The van der Waals surface area contributed by atoms with Gasteiger partial charge in [0.2, 0.25) is 0 Å². The van der Waals surface area contributed by atoms with Gasteiger partial charge in [-0.25, -0.2) is 4.39 Å². The second-order valence-electron chi connectivity index (χ2n) is 2.43. The van der Waals surface area contributed by atoms with Gasteiger partial charge in [0.25, 0.3) is 0 Å². The van der Waals surface area contributed by atoms with Crippen LogP contribution in [0.2, 0.25) is 5.02 Å². The first-order valence-corrected chi connectivity index (χ1v) is 3.85. The van der Waals surface area contributed by atoms with Crippen molar-refractivity contribution in [3.63, 3.8) is 0 Å². The Bertz CT molecular complexity index is 428. The quantitative estimate of drug-likeness (QED) is 0.609. The summed E-state index contributed by atoms with van der Waals surface area (Å²) in [6, 6.07) is 6.40. The molecule has 0 saturated carbocycles. The minimum absolute atomic E-state index is 0.139. The number of halogens is 2. The summed E-state index contributed by atoms with van der Waals surface area (Å²) in [6.07, 6.45) is 1.65. The maximum atomic E-state index is 12.9. The van der Waals surface area contributed by atoms with Gasteiger partial charge in [-0.15, -0.1) is 0 Å². The highest BCUT2D eigenvalue weighted by molar-refractivity contribution is 6.35. The van der Waals surface area contributed by atoms with Crippen molar-refractivity contribution in [2.75, 3.05) is 0 Å². The zero-order valence-electron chi connectivity index (χ0n) is 6.09. The van der Waals surface area contributed by atoms with Crippen molar-refractivity contribution in [3.05, 3.63) is 41.3 Å². The lowest BCUT2D eigenvalue weighted by atomic mass is 10.2. The number of pyridine rings is 1. The first kappa shape index (κ1) is 7.50. The molecule has 12 heavy (non-hydrogen) atoms. The van der Waals surface area contributed by atoms with Crippen LogP contribution in [0.15, 0.2) is 30.5 Å². The molecule has 0 fully saturated rings. The minimum Gasteiger partial charge on any atom is -0.256 e. The number of nitrogens with zero attached hydrogens (tertiary/aromatic N) is 1. The van der Waals surface area contributed by atoms with Crippen molar-refractivity contribution in [2.24, 2.45) is 0 Å². The lowest BCUT2D eigenvalue weighted by Crippen LogP contribution is -1.81. The zero-order valence-corrected chi connectivity index (χ0v) is 6.85. The average Bonchev–Trinajstić information content (AvgIpc) is 2.12. The summed E-state index contributed by atoms with van der Waals surface area (Å²) < 4.78 is 12.9. The normalized spacial score (nSPS) is 10.5. The fourth-order valence-corrected chi connectivity index (χ4v) is 1.31. The molecule has 1 aromatic carbocycles. The topological polar surface area (TPSA) is 12.9 Å². The highest BCUT2D eigenvalue weighted by Gasteiger charge is 2.03. The highest BCUT2D eigenvalue weighted by atomic mass is 35.5. The third-order valence-electron chi connectivity index (χ3n) is 1.67. The van der Waals surface area contributed by atoms with E-state index < -0.39 is 5.82 Å². The molecule has 2 rings (SSSR count). The fourth-order valence-electron chi connectivity index (χ4n) is 1.09.